The largest absolute Gasteiger partial charge is 0.494 e. The van der Waals surface area contributed by atoms with Crippen molar-refractivity contribution in [2.24, 2.45) is 0 Å². The number of benzene rings is 1. The molecule has 10 heteroatoms. The van der Waals surface area contributed by atoms with Crippen molar-refractivity contribution in [3.05, 3.63) is 47.5 Å². The highest BCUT2D eigenvalue weighted by Gasteiger charge is 2.36. The van der Waals surface area contributed by atoms with Gasteiger partial charge in [-0.15, -0.1) is 0 Å². The number of pyridine rings is 1. The number of hydrogen-bond donors (Lipinski definition) is 2. The monoisotopic (exact) mass is 458 g/mol. The zero-order valence-electron chi connectivity index (χ0n) is 18.6. The summed E-state index contributed by atoms with van der Waals surface area (Å²) in [7, 11) is 2.89. The first-order chi connectivity index (χ1) is 15.7. The third-order valence-electron chi connectivity index (χ3n) is 5.59. The molecular weight excluding hydrogens is 434 g/mol. The van der Waals surface area contributed by atoms with Crippen LogP contribution < -0.4 is 4.74 Å². The predicted octanol–water partition coefficient (Wildman–Crippen LogP) is 4.46. The summed E-state index contributed by atoms with van der Waals surface area (Å²) in [5.74, 6) is -1.80. The summed E-state index contributed by atoms with van der Waals surface area (Å²) in [4.78, 5) is 16.0. The van der Waals surface area contributed by atoms with Crippen LogP contribution in [-0.2, 0) is 14.9 Å². The van der Waals surface area contributed by atoms with Crippen LogP contribution in [0, 0.1) is 5.82 Å². The Morgan fingerprint density at radius 1 is 1.30 bits per heavy atom. The number of rotatable bonds is 8. The quantitative estimate of drug-likeness (QED) is 0.404. The van der Waals surface area contributed by atoms with Crippen molar-refractivity contribution in [3.63, 3.8) is 0 Å². The fourth-order valence-electron chi connectivity index (χ4n) is 4.29. The number of hydrogen-bond acceptors (Lipinski definition) is 5. The first-order valence-electron chi connectivity index (χ1n) is 10.3. The van der Waals surface area contributed by atoms with Crippen molar-refractivity contribution >= 4 is 28.0 Å². The maximum atomic E-state index is 15.6. The topological polar surface area (TPSA) is 102 Å². The number of methoxy groups -OCH3 is 2. The van der Waals surface area contributed by atoms with E-state index in [-0.39, 0.29) is 17.9 Å². The summed E-state index contributed by atoms with van der Waals surface area (Å²) in [6.45, 7) is 3.95. The summed E-state index contributed by atoms with van der Waals surface area (Å²) in [5, 5.41) is 16.8. The molecular formula is C23H24F2N4O4. The van der Waals surface area contributed by atoms with Gasteiger partial charge in [-0.25, -0.2) is 13.8 Å². The van der Waals surface area contributed by atoms with Gasteiger partial charge < -0.3 is 19.1 Å². The average molecular weight is 458 g/mol. The normalized spacial score (nSPS) is 13.0. The van der Waals surface area contributed by atoms with E-state index in [1.165, 1.54) is 26.4 Å². The highest BCUT2D eigenvalue weighted by atomic mass is 19.1. The lowest BCUT2D eigenvalue weighted by atomic mass is 9.85. The molecule has 0 unspecified atom stereocenters. The molecule has 1 aromatic carbocycles. The fourth-order valence-corrected chi connectivity index (χ4v) is 4.29. The van der Waals surface area contributed by atoms with Gasteiger partial charge in [0.1, 0.15) is 6.17 Å². The number of carboxylic acids is 1. The number of aromatic amines is 1. The van der Waals surface area contributed by atoms with Crippen molar-refractivity contribution < 1.29 is 28.2 Å². The van der Waals surface area contributed by atoms with Crippen LogP contribution in [-0.4, -0.2) is 51.7 Å². The van der Waals surface area contributed by atoms with E-state index in [2.05, 4.69) is 15.2 Å². The number of H-pyrrole nitrogens is 1. The van der Waals surface area contributed by atoms with Crippen molar-refractivity contribution in [2.45, 2.75) is 31.9 Å². The SMILES string of the molecule is COCC(C)(C)c1c([C@H](F)CC(=O)O)c2nc3[nH]ncc3cc2n1-c1ccc(F)c(OC)c1. The minimum absolute atomic E-state index is 0.0195. The van der Waals surface area contributed by atoms with Crippen LogP contribution in [0.25, 0.3) is 27.8 Å². The highest BCUT2D eigenvalue weighted by Crippen LogP contribution is 2.43. The van der Waals surface area contributed by atoms with E-state index in [0.29, 0.717) is 33.4 Å². The number of halogens is 2. The number of carboxylic acid groups (broad SMARTS) is 1. The number of ether oxygens (including phenoxy) is 2. The van der Waals surface area contributed by atoms with Gasteiger partial charge in [0.25, 0.3) is 0 Å². The Labute approximate surface area is 188 Å². The van der Waals surface area contributed by atoms with Gasteiger partial charge in [-0.1, -0.05) is 13.8 Å². The molecule has 0 aliphatic carbocycles. The summed E-state index contributed by atoms with van der Waals surface area (Å²) < 4.78 is 42.2. The zero-order chi connectivity index (χ0) is 23.9. The molecule has 3 aromatic heterocycles. The summed E-state index contributed by atoms with van der Waals surface area (Å²) in [6, 6.07) is 6.12. The highest BCUT2D eigenvalue weighted by molar-refractivity contribution is 5.94. The van der Waals surface area contributed by atoms with Crippen LogP contribution in [0.1, 0.15) is 37.7 Å². The molecule has 0 aliphatic heterocycles. The van der Waals surface area contributed by atoms with Crippen molar-refractivity contribution in [1.82, 2.24) is 19.7 Å². The van der Waals surface area contributed by atoms with E-state index < -0.39 is 29.8 Å². The molecule has 0 amide bonds. The molecule has 0 aliphatic rings. The van der Waals surface area contributed by atoms with Gasteiger partial charge in [0.15, 0.2) is 17.2 Å². The Bertz CT molecular complexity index is 1350. The van der Waals surface area contributed by atoms with Crippen LogP contribution in [0.4, 0.5) is 8.78 Å². The molecule has 174 valence electrons. The van der Waals surface area contributed by atoms with Crippen molar-refractivity contribution in [1.29, 1.82) is 0 Å². The number of alkyl halides is 1. The van der Waals surface area contributed by atoms with Crippen LogP contribution >= 0.6 is 0 Å². The molecule has 0 fully saturated rings. The maximum Gasteiger partial charge on any atom is 0.306 e. The van der Waals surface area contributed by atoms with E-state index >= 15 is 4.39 Å². The average Bonchev–Trinajstić information content (AvgIpc) is 3.34. The van der Waals surface area contributed by atoms with Gasteiger partial charge in [-0.3, -0.25) is 9.89 Å². The molecule has 0 spiro atoms. The molecule has 33 heavy (non-hydrogen) atoms. The second-order valence-electron chi connectivity index (χ2n) is 8.46. The number of nitrogens with one attached hydrogen (secondary N) is 1. The zero-order valence-corrected chi connectivity index (χ0v) is 18.6. The van der Waals surface area contributed by atoms with Crippen molar-refractivity contribution in [2.75, 3.05) is 20.8 Å². The third kappa shape index (κ3) is 3.91. The smallest absolute Gasteiger partial charge is 0.306 e. The number of fused-ring (bicyclic) bond motifs is 2. The Balaban J connectivity index is 2.17. The van der Waals surface area contributed by atoms with E-state index in [0.717, 1.165) is 0 Å². The Morgan fingerprint density at radius 3 is 2.73 bits per heavy atom. The second-order valence-corrected chi connectivity index (χ2v) is 8.46. The first-order valence-corrected chi connectivity index (χ1v) is 10.3. The van der Waals surface area contributed by atoms with Crippen LogP contribution in [0.3, 0.4) is 0 Å². The van der Waals surface area contributed by atoms with E-state index in [9.17, 15) is 14.3 Å². The van der Waals surface area contributed by atoms with Crippen LogP contribution in [0.2, 0.25) is 0 Å². The lowest BCUT2D eigenvalue weighted by molar-refractivity contribution is -0.138. The van der Waals surface area contributed by atoms with E-state index in [1.54, 1.807) is 22.9 Å². The molecule has 4 rings (SSSR count). The first kappa shape index (κ1) is 22.7. The van der Waals surface area contributed by atoms with Gasteiger partial charge in [0, 0.05) is 40.9 Å². The summed E-state index contributed by atoms with van der Waals surface area (Å²) >= 11 is 0. The molecule has 8 nitrogen and oxygen atoms in total. The van der Waals surface area contributed by atoms with Gasteiger partial charge in [0.2, 0.25) is 0 Å². The van der Waals surface area contributed by atoms with Gasteiger partial charge in [-0.2, -0.15) is 5.10 Å². The molecule has 0 bridgehead atoms. The molecule has 4 aromatic rings. The Kier molecular flexibility index (Phi) is 5.79. The summed E-state index contributed by atoms with van der Waals surface area (Å²) in [5.41, 5.74) is 1.64. The number of carbonyl (C=O) groups is 1. The predicted molar refractivity (Wildman–Crippen MR) is 118 cm³/mol. The molecule has 0 saturated carbocycles. The minimum atomic E-state index is -1.84. The minimum Gasteiger partial charge on any atom is -0.494 e. The third-order valence-corrected chi connectivity index (χ3v) is 5.59. The molecule has 0 radical (unpaired) electrons. The molecule has 1 atom stereocenters. The number of nitrogens with zero attached hydrogens (tertiary/aromatic N) is 3. The van der Waals surface area contributed by atoms with Gasteiger partial charge >= 0.3 is 5.97 Å². The van der Waals surface area contributed by atoms with Crippen LogP contribution in [0.15, 0.2) is 30.5 Å². The Hall–Kier alpha value is -3.53. The second kappa shape index (κ2) is 8.43. The standard InChI is InChI=1S/C23H24F2N4O4/c1-23(2,11-32-3)21-19(15(25)9-18(30)31)20-16(7-12-10-26-28-22(12)27-20)29(21)13-5-6-14(24)17(8-13)33-4/h5-8,10,15H,9,11H2,1-4H3,(H,30,31)(H,26,27,28)/t15-/m1/s1. The molecule has 3 heterocycles. The fraction of sp³-hybridized carbons (Fsp3) is 0.348. The van der Waals surface area contributed by atoms with E-state index in [1.807, 2.05) is 13.8 Å². The van der Waals surface area contributed by atoms with Gasteiger partial charge in [-0.05, 0) is 18.2 Å². The lowest BCUT2D eigenvalue weighted by Crippen LogP contribution is -2.28. The molecule has 0 saturated heterocycles. The summed E-state index contributed by atoms with van der Waals surface area (Å²) in [6.07, 6.45) is -0.980. The number of aromatic nitrogens is 4. The molecule has 2 N–H and O–H groups in total. The van der Waals surface area contributed by atoms with E-state index in [4.69, 9.17) is 9.47 Å². The Morgan fingerprint density at radius 2 is 2.06 bits per heavy atom. The number of aliphatic carboxylic acids is 1. The van der Waals surface area contributed by atoms with Crippen molar-refractivity contribution in [3.8, 4) is 11.4 Å². The van der Waals surface area contributed by atoms with Crippen LogP contribution in [0.5, 0.6) is 5.75 Å². The van der Waals surface area contributed by atoms with Gasteiger partial charge in [0.05, 0.1) is 37.4 Å². The lowest BCUT2D eigenvalue weighted by Gasteiger charge is -2.28. The maximum absolute atomic E-state index is 15.6.